The second-order valence-electron chi connectivity index (χ2n) is 6.96. The Morgan fingerprint density at radius 2 is 2.05 bits per heavy atom. The highest BCUT2D eigenvalue weighted by atomic mass is 16.6. The Hall–Kier alpha value is -1.55. The molecule has 1 aliphatic rings. The molecule has 1 saturated heterocycles. The molecule has 1 aromatic rings. The van der Waals surface area contributed by atoms with E-state index in [-0.39, 0.29) is 18.1 Å². The minimum absolute atomic E-state index is 0.175. The topological polar surface area (TPSA) is 49.8 Å². The zero-order chi connectivity index (χ0) is 17.3. The summed E-state index contributed by atoms with van der Waals surface area (Å²) < 4.78 is 13.4. The molecule has 0 aliphatic carbocycles. The number of aliphatic hydroxyl groups is 1. The first-order chi connectivity index (χ1) is 10.6. The van der Waals surface area contributed by atoms with Crippen molar-refractivity contribution in [3.05, 3.63) is 35.9 Å². The average Bonchev–Trinajstić information content (AvgIpc) is 2.45. The summed E-state index contributed by atoms with van der Waals surface area (Å²) in [6, 6.07) is 9.58. The van der Waals surface area contributed by atoms with Crippen LogP contribution in [0.4, 0.5) is 4.79 Å². The van der Waals surface area contributed by atoms with E-state index in [1.54, 1.807) is 4.90 Å². The van der Waals surface area contributed by atoms with Crippen LogP contribution in [0.1, 0.15) is 53.5 Å². The van der Waals surface area contributed by atoms with E-state index in [2.05, 4.69) is 0 Å². The number of hydrogen-bond donors (Lipinski definition) is 1. The maximum absolute atomic E-state index is 12.5. The summed E-state index contributed by atoms with van der Waals surface area (Å²) in [7, 11) is 0. The largest absolute Gasteiger partial charge is 0.444 e. The summed E-state index contributed by atoms with van der Waals surface area (Å²) in [5.74, 6) is -0.175. The van der Waals surface area contributed by atoms with Crippen LogP contribution in [0.25, 0.3) is 0 Å². The zero-order valence-corrected chi connectivity index (χ0v) is 13.9. The molecule has 1 heterocycles. The van der Waals surface area contributed by atoms with E-state index < -0.39 is 11.7 Å². The van der Waals surface area contributed by atoms with Crippen LogP contribution in [0.15, 0.2) is 30.3 Å². The number of carbonyl (C=O) groups excluding carboxylic acids is 1. The second kappa shape index (κ2) is 6.69. The highest BCUT2D eigenvalue weighted by Crippen LogP contribution is 2.36. The molecule has 0 radical (unpaired) electrons. The van der Waals surface area contributed by atoms with Gasteiger partial charge in [0.05, 0.1) is 13.5 Å². The van der Waals surface area contributed by atoms with Gasteiger partial charge in [-0.1, -0.05) is 30.3 Å². The van der Waals surface area contributed by atoms with Gasteiger partial charge in [-0.3, -0.25) is 0 Å². The number of nitrogens with zero attached hydrogens (tertiary/aromatic N) is 1. The van der Waals surface area contributed by atoms with Crippen molar-refractivity contribution in [1.29, 1.82) is 0 Å². The van der Waals surface area contributed by atoms with Gasteiger partial charge in [0.25, 0.3) is 0 Å². The van der Waals surface area contributed by atoms with E-state index >= 15 is 0 Å². The van der Waals surface area contributed by atoms with E-state index in [1.807, 2.05) is 51.1 Å². The van der Waals surface area contributed by atoms with Crippen LogP contribution in [0.3, 0.4) is 0 Å². The lowest BCUT2D eigenvalue weighted by Crippen LogP contribution is -2.45. The zero-order valence-electron chi connectivity index (χ0n) is 14.9. The molecular formula is C18H27NO3. The second-order valence-corrected chi connectivity index (χ2v) is 6.96. The Bertz CT molecular complexity index is 533. The molecule has 1 aliphatic heterocycles. The Kier molecular flexibility index (Phi) is 4.67. The maximum Gasteiger partial charge on any atom is 0.410 e. The van der Waals surface area contributed by atoms with Gasteiger partial charge in [-0.05, 0) is 52.0 Å². The van der Waals surface area contributed by atoms with Crippen molar-refractivity contribution < 1.29 is 16.0 Å². The number of likely N-dealkylation sites (tertiary alicyclic amines) is 1. The van der Waals surface area contributed by atoms with Crippen molar-refractivity contribution in [2.24, 2.45) is 5.92 Å². The van der Waals surface area contributed by atoms with Crippen molar-refractivity contribution >= 4 is 6.09 Å². The fraction of sp³-hybridized carbons (Fsp3) is 0.611. The summed E-state index contributed by atoms with van der Waals surface area (Å²) in [5, 5.41) is 10.1. The molecule has 1 aromatic carbocycles. The van der Waals surface area contributed by atoms with Gasteiger partial charge in [0.2, 0.25) is 0 Å². The number of amides is 1. The van der Waals surface area contributed by atoms with Gasteiger partial charge in [0, 0.05) is 6.54 Å². The van der Waals surface area contributed by atoms with Crippen LogP contribution >= 0.6 is 0 Å². The normalized spacial score (nSPS) is 26.0. The maximum atomic E-state index is 12.5. The van der Waals surface area contributed by atoms with Crippen molar-refractivity contribution in [2.45, 2.75) is 58.3 Å². The highest BCUT2D eigenvalue weighted by Gasteiger charge is 2.36. The van der Waals surface area contributed by atoms with Gasteiger partial charge in [-0.15, -0.1) is 0 Å². The molecule has 0 saturated carbocycles. The molecule has 1 amide bonds. The Morgan fingerprint density at radius 1 is 1.41 bits per heavy atom. The van der Waals surface area contributed by atoms with Gasteiger partial charge < -0.3 is 14.7 Å². The van der Waals surface area contributed by atoms with Crippen LogP contribution in [0.2, 0.25) is 0 Å². The molecular weight excluding hydrogens is 278 g/mol. The van der Waals surface area contributed by atoms with Crippen LogP contribution in [-0.4, -0.2) is 34.3 Å². The van der Waals surface area contributed by atoms with E-state index in [4.69, 9.17) is 6.11 Å². The van der Waals surface area contributed by atoms with E-state index in [1.165, 1.54) is 6.92 Å². The van der Waals surface area contributed by atoms with Crippen LogP contribution < -0.4 is 0 Å². The van der Waals surface area contributed by atoms with Crippen LogP contribution in [-0.2, 0) is 4.74 Å². The van der Waals surface area contributed by atoms with Crippen molar-refractivity contribution in [2.75, 3.05) is 6.54 Å². The first kappa shape index (κ1) is 15.3. The molecule has 1 fully saturated rings. The smallest absolute Gasteiger partial charge is 0.410 e. The predicted octanol–water partition coefficient (Wildman–Crippen LogP) is 3.76. The van der Waals surface area contributed by atoms with E-state index in [9.17, 15) is 9.90 Å². The molecule has 2 rings (SSSR count). The van der Waals surface area contributed by atoms with E-state index in [0.29, 0.717) is 19.4 Å². The van der Waals surface area contributed by atoms with Crippen LogP contribution in [0.5, 0.6) is 0 Å². The molecule has 22 heavy (non-hydrogen) atoms. The molecule has 1 N–H and O–H groups in total. The minimum atomic E-state index is -1.49. The standard InChI is InChI=1S/C18H27NO3/c1-13(20)15-10-11-19(17(21)22-18(2,3)4)16(12-15)14-8-6-5-7-9-14/h5-9,13,15-16,20H,10-12H2,1-4H3/i13D. The quantitative estimate of drug-likeness (QED) is 0.905. The minimum Gasteiger partial charge on any atom is -0.444 e. The van der Waals surface area contributed by atoms with Crippen molar-refractivity contribution in [3.63, 3.8) is 0 Å². The first-order valence-corrected chi connectivity index (χ1v) is 7.85. The number of carbonyl (C=O) groups is 1. The third kappa shape index (κ3) is 4.23. The molecule has 0 aromatic heterocycles. The number of hydrogen-bond acceptors (Lipinski definition) is 3. The van der Waals surface area contributed by atoms with Gasteiger partial charge in [-0.25, -0.2) is 4.79 Å². The summed E-state index contributed by atoms with van der Waals surface area (Å²) >= 11 is 0. The monoisotopic (exact) mass is 306 g/mol. The highest BCUT2D eigenvalue weighted by molar-refractivity contribution is 5.69. The predicted molar refractivity (Wildman–Crippen MR) is 86.5 cm³/mol. The number of rotatable bonds is 2. The average molecular weight is 306 g/mol. The van der Waals surface area contributed by atoms with Gasteiger partial charge in [0.1, 0.15) is 5.60 Å². The summed E-state index contributed by atoms with van der Waals surface area (Å²) in [6.45, 7) is 7.55. The lowest BCUT2D eigenvalue weighted by atomic mass is 9.84. The third-order valence-electron chi connectivity index (χ3n) is 4.01. The summed E-state index contributed by atoms with van der Waals surface area (Å²) in [4.78, 5) is 14.3. The van der Waals surface area contributed by atoms with Crippen LogP contribution in [0, 0.1) is 5.92 Å². The summed E-state index contributed by atoms with van der Waals surface area (Å²) in [5.41, 5.74) is 0.461. The molecule has 0 spiro atoms. The van der Waals surface area contributed by atoms with Gasteiger partial charge in [0.15, 0.2) is 0 Å². The Morgan fingerprint density at radius 3 is 2.59 bits per heavy atom. The number of piperidine rings is 1. The molecule has 3 unspecified atom stereocenters. The van der Waals surface area contributed by atoms with Crippen molar-refractivity contribution in [3.8, 4) is 0 Å². The molecule has 4 nitrogen and oxygen atoms in total. The number of benzene rings is 1. The summed E-state index contributed by atoms with van der Waals surface area (Å²) in [6.07, 6.45) is -0.680. The SMILES string of the molecule is [2H]C(C)(O)C1CCN(C(=O)OC(C)(C)C)C(c2ccccc2)C1. The Balaban J connectivity index is 2.25. The van der Waals surface area contributed by atoms with Crippen molar-refractivity contribution in [1.82, 2.24) is 4.90 Å². The molecule has 3 atom stereocenters. The lowest BCUT2D eigenvalue weighted by molar-refractivity contribution is -0.00782. The molecule has 122 valence electrons. The lowest BCUT2D eigenvalue weighted by Gasteiger charge is -2.41. The Labute approximate surface area is 134 Å². The molecule has 0 bridgehead atoms. The fourth-order valence-corrected chi connectivity index (χ4v) is 2.88. The van der Waals surface area contributed by atoms with Gasteiger partial charge >= 0.3 is 6.09 Å². The molecule has 4 heteroatoms. The number of ether oxygens (including phenoxy) is 1. The first-order valence-electron chi connectivity index (χ1n) is 8.35. The third-order valence-corrected chi connectivity index (χ3v) is 4.01. The van der Waals surface area contributed by atoms with E-state index in [0.717, 1.165) is 5.56 Å². The fourth-order valence-electron chi connectivity index (χ4n) is 2.88. The van der Waals surface area contributed by atoms with Gasteiger partial charge in [-0.2, -0.15) is 0 Å².